The molecule has 6 nitrogen and oxygen atoms in total. The maximum atomic E-state index is 13.8. The predicted molar refractivity (Wildman–Crippen MR) is 86.7 cm³/mol. The summed E-state index contributed by atoms with van der Waals surface area (Å²) in [6.45, 7) is 4.77. The standard InChI is InChI=1S/C17H23FN2O4/c1-4-10(2)15(17(23)24)20-16(22)14(19-11(3)21)9-12-7-5-6-8-13(12)18/h5-8,10,14-15H,4,9H2,1-3H3,(H,19,21)(H,20,22)(H,23,24)/t10-,14-,15+/m1/s1. The van der Waals surface area contributed by atoms with Crippen LogP contribution >= 0.6 is 0 Å². The number of hydrogen-bond donors (Lipinski definition) is 3. The van der Waals surface area contributed by atoms with Crippen LogP contribution in [-0.2, 0) is 20.8 Å². The Morgan fingerprint density at radius 2 is 1.83 bits per heavy atom. The fourth-order valence-corrected chi connectivity index (χ4v) is 2.28. The van der Waals surface area contributed by atoms with Crippen LogP contribution in [0.4, 0.5) is 4.39 Å². The Balaban J connectivity index is 2.94. The van der Waals surface area contributed by atoms with Crippen LogP contribution in [0.5, 0.6) is 0 Å². The van der Waals surface area contributed by atoms with Crippen LogP contribution in [0.15, 0.2) is 24.3 Å². The Labute approximate surface area is 140 Å². The monoisotopic (exact) mass is 338 g/mol. The Kier molecular flexibility index (Phi) is 7.35. The molecule has 1 aromatic rings. The van der Waals surface area contributed by atoms with E-state index in [0.717, 1.165) is 0 Å². The molecule has 0 bridgehead atoms. The number of rotatable bonds is 8. The molecule has 0 aliphatic heterocycles. The van der Waals surface area contributed by atoms with Crippen LogP contribution in [0.1, 0.15) is 32.8 Å². The van der Waals surface area contributed by atoms with Crippen molar-refractivity contribution in [1.82, 2.24) is 10.6 Å². The highest BCUT2D eigenvalue weighted by molar-refractivity contribution is 5.90. The van der Waals surface area contributed by atoms with Gasteiger partial charge in [0.05, 0.1) is 0 Å². The van der Waals surface area contributed by atoms with E-state index in [2.05, 4.69) is 10.6 Å². The van der Waals surface area contributed by atoms with Crippen LogP contribution in [-0.4, -0.2) is 35.0 Å². The SMILES string of the molecule is CC[C@@H](C)[C@H](NC(=O)[C@@H](Cc1ccccc1F)NC(C)=O)C(=O)O. The summed E-state index contributed by atoms with van der Waals surface area (Å²) in [5, 5.41) is 14.1. The molecule has 0 fully saturated rings. The number of aliphatic carboxylic acids is 1. The van der Waals surface area contributed by atoms with Crippen molar-refractivity contribution in [3.63, 3.8) is 0 Å². The number of carboxylic acids is 1. The molecule has 24 heavy (non-hydrogen) atoms. The van der Waals surface area contributed by atoms with Crippen LogP contribution in [0.2, 0.25) is 0 Å². The lowest BCUT2D eigenvalue weighted by Crippen LogP contribution is -2.53. The second-order valence-corrected chi connectivity index (χ2v) is 5.76. The molecular formula is C17H23FN2O4. The summed E-state index contributed by atoms with van der Waals surface area (Å²) in [6.07, 6.45) is 0.500. The Morgan fingerprint density at radius 1 is 1.21 bits per heavy atom. The van der Waals surface area contributed by atoms with Crippen molar-refractivity contribution in [3.8, 4) is 0 Å². The van der Waals surface area contributed by atoms with Gasteiger partial charge in [-0.1, -0.05) is 38.5 Å². The van der Waals surface area contributed by atoms with Crippen molar-refractivity contribution in [1.29, 1.82) is 0 Å². The Morgan fingerprint density at radius 3 is 2.33 bits per heavy atom. The van der Waals surface area contributed by atoms with Gasteiger partial charge in [-0.15, -0.1) is 0 Å². The van der Waals surface area contributed by atoms with Crippen molar-refractivity contribution in [2.45, 2.75) is 45.7 Å². The third-order valence-corrected chi connectivity index (χ3v) is 3.85. The largest absolute Gasteiger partial charge is 0.480 e. The van der Waals surface area contributed by atoms with E-state index in [0.29, 0.717) is 6.42 Å². The first-order chi connectivity index (χ1) is 11.3. The number of nitrogens with one attached hydrogen (secondary N) is 2. The predicted octanol–water partition coefficient (Wildman–Crippen LogP) is 1.49. The average molecular weight is 338 g/mol. The molecule has 1 aromatic carbocycles. The zero-order valence-corrected chi connectivity index (χ0v) is 14.0. The third kappa shape index (κ3) is 5.64. The van der Waals surface area contributed by atoms with Crippen LogP contribution < -0.4 is 10.6 Å². The molecule has 132 valence electrons. The molecule has 0 aliphatic carbocycles. The van der Waals surface area contributed by atoms with Gasteiger partial charge in [0.1, 0.15) is 17.9 Å². The third-order valence-electron chi connectivity index (χ3n) is 3.85. The summed E-state index contributed by atoms with van der Waals surface area (Å²) in [6, 6.07) is 3.80. The van der Waals surface area contributed by atoms with Gasteiger partial charge in [0.2, 0.25) is 11.8 Å². The second kappa shape index (κ2) is 9.00. The molecule has 0 saturated carbocycles. The van der Waals surface area contributed by atoms with E-state index in [1.807, 2.05) is 6.92 Å². The van der Waals surface area contributed by atoms with Gasteiger partial charge in [-0.25, -0.2) is 9.18 Å². The number of benzene rings is 1. The highest BCUT2D eigenvalue weighted by Gasteiger charge is 2.29. The van der Waals surface area contributed by atoms with E-state index in [1.54, 1.807) is 13.0 Å². The maximum absolute atomic E-state index is 13.8. The van der Waals surface area contributed by atoms with E-state index in [-0.39, 0.29) is 17.9 Å². The van der Waals surface area contributed by atoms with Gasteiger partial charge in [0.15, 0.2) is 0 Å². The zero-order chi connectivity index (χ0) is 18.3. The van der Waals surface area contributed by atoms with Crippen molar-refractivity contribution in [2.75, 3.05) is 0 Å². The molecule has 0 radical (unpaired) electrons. The summed E-state index contributed by atoms with van der Waals surface area (Å²) in [4.78, 5) is 35.1. The highest BCUT2D eigenvalue weighted by atomic mass is 19.1. The number of hydrogen-bond acceptors (Lipinski definition) is 3. The normalized spacial score (nSPS) is 14.3. The molecule has 3 atom stereocenters. The van der Waals surface area contributed by atoms with Crippen LogP contribution in [0.25, 0.3) is 0 Å². The number of halogens is 1. The summed E-state index contributed by atoms with van der Waals surface area (Å²) in [5.74, 6) is -3.02. The van der Waals surface area contributed by atoms with E-state index in [9.17, 15) is 23.9 Å². The number of carbonyl (C=O) groups excluding carboxylic acids is 2. The molecule has 2 amide bonds. The molecule has 0 heterocycles. The van der Waals surface area contributed by atoms with Gasteiger partial charge in [-0.05, 0) is 17.5 Å². The topological polar surface area (TPSA) is 95.5 Å². The summed E-state index contributed by atoms with van der Waals surface area (Å²) >= 11 is 0. The van der Waals surface area contributed by atoms with Crippen LogP contribution in [0.3, 0.4) is 0 Å². The molecule has 0 spiro atoms. The molecule has 3 N–H and O–H groups in total. The van der Waals surface area contributed by atoms with Gasteiger partial charge in [0, 0.05) is 13.3 Å². The number of carbonyl (C=O) groups is 3. The van der Waals surface area contributed by atoms with Crippen LogP contribution in [0, 0.1) is 11.7 Å². The van der Waals surface area contributed by atoms with Gasteiger partial charge in [-0.3, -0.25) is 9.59 Å². The molecule has 0 saturated heterocycles. The minimum absolute atomic E-state index is 0.0646. The minimum atomic E-state index is -1.15. The summed E-state index contributed by atoms with van der Waals surface area (Å²) in [5.41, 5.74) is 0.266. The van der Waals surface area contributed by atoms with Gasteiger partial charge < -0.3 is 15.7 Å². The Hall–Kier alpha value is -2.44. The summed E-state index contributed by atoms with van der Waals surface area (Å²) < 4.78 is 13.8. The van der Waals surface area contributed by atoms with Crippen molar-refractivity contribution in [3.05, 3.63) is 35.6 Å². The molecule has 1 rings (SSSR count). The van der Waals surface area contributed by atoms with Crippen molar-refractivity contribution >= 4 is 17.8 Å². The molecule has 0 aromatic heterocycles. The second-order valence-electron chi connectivity index (χ2n) is 5.76. The fourth-order valence-electron chi connectivity index (χ4n) is 2.28. The van der Waals surface area contributed by atoms with Gasteiger partial charge >= 0.3 is 5.97 Å². The summed E-state index contributed by atoms with van der Waals surface area (Å²) in [7, 11) is 0. The number of carboxylic acid groups (broad SMARTS) is 1. The smallest absolute Gasteiger partial charge is 0.326 e. The lowest BCUT2D eigenvalue weighted by atomic mass is 9.98. The fraction of sp³-hybridized carbons (Fsp3) is 0.471. The molecular weight excluding hydrogens is 315 g/mol. The minimum Gasteiger partial charge on any atom is -0.480 e. The molecule has 0 aliphatic rings. The van der Waals surface area contributed by atoms with E-state index in [4.69, 9.17) is 0 Å². The lowest BCUT2D eigenvalue weighted by Gasteiger charge is -2.24. The van der Waals surface area contributed by atoms with Crippen molar-refractivity contribution < 1.29 is 23.9 Å². The quantitative estimate of drug-likeness (QED) is 0.669. The van der Waals surface area contributed by atoms with E-state index in [1.165, 1.54) is 25.1 Å². The zero-order valence-electron chi connectivity index (χ0n) is 14.0. The first-order valence-corrected chi connectivity index (χ1v) is 7.79. The van der Waals surface area contributed by atoms with Gasteiger partial charge in [-0.2, -0.15) is 0 Å². The van der Waals surface area contributed by atoms with Crippen molar-refractivity contribution in [2.24, 2.45) is 5.92 Å². The first-order valence-electron chi connectivity index (χ1n) is 7.79. The Bertz CT molecular complexity index is 606. The number of amides is 2. The van der Waals surface area contributed by atoms with Gasteiger partial charge in [0.25, 0.3) is 0 Å². The maximum Gasteiger partial charge on any atom is 0.326 e. The van der Waals surface area contributed by atoms with E-state index < -0.39 is 35.7 Å². The average Bonchev–Trinajstić information content (AvgIpc) is 2.52. The first kappa shape index (κ1) is 19.6. The lowest BCUT2D eigenvalue weighted by molar-refractivity contribution is -0.143. The highest BCUT2D eigenvalue weighted by Crippen LogP contribution is 2.12. The molecule has 7 heteroatoms. The van der Waals surface area contributed by atoms with E-state index >= 15 is 0 Å². The molecule has 0 unspecified atom stereocenters.